The Kier molecular flexibility index (Phi) is 5.70. The number of thioether (sulfide) groups is 1. The molecule has 2 aromatic carbocycles. The number of carboxylic acid groups (broad SMARTS) is 1. The van der Waals surface area contributed by atoms with Gasteiger partial charge in [-0.1, -0.05) is 53.7 Å². The molecule has 1 aliphatic heterocycles. The largest absolute Gasteiger partial charge is 0.481 e. The average molecular weight is 388 g/mol. The second-order valence-corrected chi connectivity index (χ2v) is 7.11. The molecule has 6 nitrogen and oxygen atoms in total. The number of hydrogen-bond donors (Lipinski definition) is 2. The van der Waals surface area contributed by atoms with Crippen LogP contribution in [0.15, 0.2) is 58.7 Å². The van der Waals surface area contributed by atoms with Crippen LogP contribution < -0.4 is 5.32 Å². The van der Waals surface area contributed by atoms with E-state index >= 15 is 0 Å². The van der Waals surface area contributed by atoms with Gasteiger partial charge in [0.2, 0.25) is 5.91 Å². The second kappa shape index (κ2) is 8.16. The van der Waals surface area contributed by atoms with E-state index in [0.717, 1.165) is 28.5 Å². The number of halogens is 1. The fourth-order valence-electron chi connectivity index (χ4n) is 2.36. The monoisotopic (exact) mass is 387 g/mol. The fourth-order valence-corrected chi connectivity index (χ4v) is 3.47. The quantitative estimate of drug-likeness (QED) is 0.607. The van der Waals surface area contributed by atoms with Gasteiger partial charge in [-0.2, -0.15) is 5.10 Å². The van der Waals surface area contributed by atoms with Crippen molar-refractivity contribution in [3.63, 3.8) is 0 Å². The van der Waals surface area contributed by atoms with Gasteiger partial charge in [0.15, 0.2) is 5.17 Å². The molecule has 132 valence electrons. The lowest BCUT2D eigenvalue weighted by Crippen LogP contribution is -2.26. The van der Waals surface area contributed by atoms with Crippen molar-refractivity contribution in [3.05, 3.63) is 59.1 Å². The number of aliphatic carboxylic acids is 1. The number of carbonyl (C=O) groups excluding carboxylic acids is 1. The van der Waals surface area contributed by atoms with Gasteiger partial charge in [0.25, 0.3) is 0 Å². The van der Waals surface area contributed by atoms with Crippen LogP contribution in [0.4, 0.5) is 0 Å². The van der Waals surface area contributed by atoms with Gasteiger partial charge < -0.3 is 10.4 Å². The lowest BCUT2D eigenvalue weighted by Gasteiger charge is -2.03. The average Bonchev–Trinajstić information content (AvgIpc) is 2.94. The summed E-state index contributed by atoms with van der Waals surface area (Å²) in [5.41, 5.74) is 2.83. The van der Waals surface area contributed by atoms with Gasteiger partial charge >= 0.3 is 5.97 Å². The summed E-state index contributed by atoms with van der Waals surface area (Å²) in [5, 5.41) is 19.5. The Morgan fingerprint density at radius 2 is 1.96 bits per heavy atom. The van der Waals surface area contributed by atoms with Crippen LogP contribution in [0, 0.1) is 0 Å². The molecular weight excluding hydrogens is 374 g/mol. The van der Waals surface area contributed by atoms with E-state index in [-0.39, 0.29) is 12.3 Å². The van der Waals surface area contributed by atoms with Gasteiger partial charge in [-0.25, -0.2) is 0 Å². The Morgan fingerprint density at radius 1 is 1.23 bits per heavy atom. The summed E-state index contributed by atoms with van der Waals surface area (Å²) in [6.07, 6.45) is 1.32. The SMILES string of the molecule is O=C(O)CC1SC(=NN=Cc2cccc(-c3cccc(Cl)c3)c2)NC1=O. The zero-order valence-corrected chi connectivity index (χ0v) is 15.0. The standard InChI is InChI=1S/C18H14ClN3O3S/c19-14-6-2-5-13(8-14)12-4-1-3-11(7-12)10-20-22-18-21-17(25)15(26-18)9-16(23)24/h1-8,10,15H,9H2,(H,23,24)(H,21,22,25). The topological polar surface area (TPSA) is 91.1 Å². The van der Waals surface area contributed by atoms with Crippen molar-refractivity contribution < 1.29 is 14.7 Å². The van der Waals surface area contributed by atoms with Gasteiger partial charge in [-0.15, -0.1) is 5.10 Å². The molecule has 2 aromatic rings. The third-order valence-electron chi connectivity index (χ3n) is 3.54. The van der Waals surface area contributed by atoms with Crippen molar-refractivity contribution >= 4 is 46.6 Å². The van der Waals surface area contributed by atoms with E-state index in [4.69, 9.17) is 16.7 Å². The first-order chi connectivity index (χ1) is 12.5. The normalized spacial score (nSPS) is 18.4. The highest BCUT2D eigenvalue weighted by atomic mass is 35.5. The highest BCUT2D eigenvalue weighted by Crippen LogP contribution is 2.24. The van der Waals surface area contributed by atoms with Crippen molar-refractivity contribution in [2.75, 3.05) is 0 Å². The molecule has 2 N–H and O–H groups in total. The predicted octanol–water partition coefficient (Wildman–Crippen LogP) is 3.40. The Bertz CT molecular complexity index is 914. The summed E-state index contributed by atoms with van der Waals surface area (Å²) >= 11 is 7.09. The van der Waals surface area contributed by atoms with Crippen molar-refractivity contribution in [2.24, 2.45) is 10.2 Å². The molecule has 8 heteroatoms. The van der Waals surface area contributed by atoms with Gasteiger partial charge in [0.05, 0.1) is 12.6 Å². The molecular formula is C18H14ClN3O3S. The zero-order valence-electron chi connectivity index (χ0n) is 13.4. The number of hydrogen-bond acceptors (Lipinski definition) is 5. The van der Waals surface area contributed by atoms with E-state index in [1.54, 1.807) is 6.21 Å². The number of benzene rings is 2. The van der Waals surface area contributed by atoms with Gasteiger partial charge in [0, 0.05) is 5.02 Å². The smallest absolute Gasteiger partial charge is 0.305 e. The summed E-state index contributed by atoms with van der Waals surface area (Å²) in [6, 6.07) is 15.3. The lowest BCUT2D eigenvalue weighted by molar-refractivity contribution is -0.138. The zero-order chi connectivity index (χ0) is 18.5. The molecule has 0 spiro atoms. The molecule has 1 unspecified atom stereocenters. The molecule has 1 aliphatic rings. The van der Waals surface area contributed by atoms with Crippen LogP contribution in [0.3, 0.4) is 0 Å². The first-order valence-corrected chi connectivity index (χ1v) is 8.93. The number of carbonyl (C=O) groups is 2. The van der Waals surface area contributed by atoms with Crippen molar-refractivity contribution in [1.29, 1.82) is 0 Å². The van der Waals surface area contributed by atoms with Crippen LogP contribution in [0.25, 0.3) is 11.1 Å². The molecule has 0 aliphatic carbocycles. The Balaban J connectivity index is 1.71. The van der Waals surface area contributed by atoms with Crippen molar-refractivity contribution in [2.45, 2.75) is 11.7 Å². The number of amides is 1. The Labute approximate surface area is 159 Å². The number of nitrogens with one attached hydrogen (secondary N) is 1. The minimum atomic E-state index is -1.03. The molecule has 1 amide bonds. The van der Waals surface area contributed by atoms with Crippen LogP contribution in [-0.2, 0) is 9.59 Å². The van der Waals surface area contributed by atoms with E-state index in [1.807, 2.05) is 48.5 Å². The van der Waals surface area contributed by atoms with Crippen LogP contribution in [-0.4, -0.2) is 33.6 Å². The number of amidine groups is 1. The number of carboxylic acids is 1. The minimum absolute atomic E-state index is 0.249. The summed E-state index contributed by atoms with van der Waals surface area (Å²) in [4.78, 5) is 22.3. The maximum Gasteiger partial charge on any atom is 0.305 e. The fraction of sp³-hybridized carbons (Fsp3) is 0.111. The van der Waals surface area contributed by atoms with Crippen LogP contribution in [0.5, 0.6) is 0 Å². The third kappa shape index (κ3) is 4.71. The highest BCUT2D eigenvalue weighted by Gasteiger charge is 2.32. The number of rotatable bonds is 5. The van der Waals surface area contributed by atoms with E-state index in [2.05, 4.69) is 15.5 Å². The molecule has 26 heavy (non-hydrogen) atoms. The van der Waals surface area contributed by atoms with Gasteiger partial charge in [-0.05, 0) is 34.9 Å². The van der Waals surface area contributed by atoms with Gasteiger partial charge in [-0.3, -0.25) is 9.59 Å². The molecule has 1 heterocycles. The van der Waals surface area contributed by atoms with E-state index in [1.165, 1.54) is 0 Å². The van der Waals surface area contributed by atoms with Crippen LogP contribution >= 0.6 is 23.4 Å². The summed E-state index contributed by atoms with van der Waals surface area (Å²) in [7, 11) is 0. The lowest BCUT2D eigenvalue weighted by atomic mass is 10.0. The predicted molar refractivity (Wildman–Crippen MR) is 104 cm³/mol. The maximum absolute atomic E-state index is 11.6. The van der Waals surface area contributed by atoms with Crippen molar-refractivity contribution in [1.82, 2.24) is 5.32 Å². The molecule has 0 aromatic heterocycles. The van der Waals surface area contributed by atoms with Crippen LogP contribution in [0.2, 0.25) is 5.02 Å². The molecule has 0 radical (unpaired) electrons. The minimum Gasteiger partial charge on any atom is -0.481 e. The Morgan fingerprint density at radius 3 is 2.69 bits per heavy atom. The second-order valence-electron chi connectivity index (χ2n) is 5.48. The first kappa shape index (κ1) is 18.2. The van der Waals surface area contributed by atoms with E-state index in [0.29, 0.717) is 10.2 Å². The maximum atomic E-state index is 11.6. The van der Waals surface area contributed by atoms with Crippen LogP contribution in [0.1, 0.15) is 12.0 Å². The number of nitrogens with zero attached hydrogens (tertiary/aromatic N) is 2. The molecule has 1 saturated heterocycles. The van der Waals surface area contributed by atoms with E-state index in [9.17, 15) is 9.59 Å². The van der Waals surface area contributed by atoms with Gasteiger partial charge in [0.1, 0.15) is 5.25 Å². The molecule has 3 rings (SSSR count). The molecule has 1 atom stereocenters. The third-order valence-corrected chi connectivity index (χ3v) is 4.84. The summed E-state index contributed by atoms with van der Waals surface area (Å²) in [5.74, 6) is -1.39. The van der Waals surface area contributed by atoms with E-state index < -0.39 is 11.2 Å². The Hall–Kier alpha value is -2.64. The van der Waals surface area contributed by atoms with Crippen molar-refractivity contribution in [3.8, 4) is 11.1 Å². The molecule has 0 saturated carbocycles. The first-order valence-electron chi connectivity index (χ1n) is 7.67. The summed E-state index contributed by atoms with van der Waals surface area (Å²) in [6.45, 7) is 0. The summed E-state index contributed by atoms with van der Waals surface area (Å²) < 4.78 is 0. The highest BCUT2D eigenvalue weighted by molar-refractivity contribution is 8.15. The molecule has 1 fully saturated rings. The molecule has 0 bridgehead atoms.